The van der Waals surface area contributed by atoms with Crippen LogP contribution < -0.4 is 5.32 Å². The van der Waals surface area contributed by atoms with Crippen molar-refractivity contribution in [2.75, 3.05) is 14.2 Å². The second-order valence-corrected chi connectivity index (χ2v) is 5.41. The van der Waals surface area contributed by atoms with Crippen LogP contribution in [-0.4, -0.2) is 25.2 Å². The van der Waals surface area contributed by atoms with Gasteiger partial charge in [0.05, 0.1) is 17.3 Å². The number of likely N-dealkylation sites (N-methyl/N-ethyl adjacent to an activating group) is 1. The van der Waals surface area contributed by atoms with Gasteiger partial charge in [0.15, 0.2) is 0 Å². The Bertz CT molecular complexity index is 351. The van der Waals surface area contributed by atoms with E-state index in [1.807, 2.05) is 7.05 Å². The number of aromatic nitrogens is 1. The first kappa shape index (κ1) is 13.6. The quantitative estimate of drug-likeness (QED) is 0.861. The average molecular weight is 242 g/mol. The fourth-order valence-electron chi connectivity index (χ4n) is 1.70. The van der Waals surface area contributed by atoms with E-state index in [0.29, 0.717) is 0 Å². The second-order valence-electron chi connectivity index (χ2n) is 4.21. The van der Waals surface area contributed by atoms with E-state index >= 15 is 0 Å². The van der Waals surface area contributed by atoms with E-state index in [9.17, 15) is 0 Å². The molecule has 4 heteroatoms. The molecule has 1 heterocycles. The molecule has 2 atom stereocenters. The van der Waals surface area contributed by atoms with Crippen molar-refractivity contribution < 1.29 is 4.74 Å². The van der Waals surface area contributed by atoms with E-state index in [-0.39, 0.29) is 11.6 Å². The molecule has 0 fully saturated rings. The molecule has 0 aliphatic heterocycles. The molecule has 2 unspecified atom stereocenters. The molecule has 0 saturated carbocycles. The van der Waals surface area contributed by atoms with Gasteiger partial charge in [-0.25, -0.2) is 4.98 Å². The summed E-state index contributed by atoms with van der Waals surface area (Å²) in [6.07, 6.45) is 1.08. The van der Waals surface area contributed by atoms with Crippen LogP contribution in [0.15, 0.2) is 0 Å². The molecule has 1 aromatic heterocycles. The minimum atomic E-state index is -0.211. The van der Waals surface area contributed by atoms with Crippen molar-refractivity contribution in [2.45, 2.75) is 45.8 Å². The fourth-order valence-corrected chi connectivity index (χ4v) is 2.93. The maximum absolute atomic E-state index is 5.45. The lowest BCUT2D eigenvalue weighted by Gasteiger charge is -2.32. The molecule has 0 aromatic carbocycles. The van der Waals surface area contributed by atoms with E-state index in [4.69, 9.17) is 9.72 Å². The van der Waals surface area contributed by atoms with Gasteiger partial charge in [0.25, 0.3) is 0 Å². The van der Waals surface area contributed by atoms with Crippen molar-refractivity contribution in [3.8, 4) is 0 Å². The molecule has 0 amide bonds. The lowest BCUT2D eigenvalue weighted by molar-refractivity contribution is 0.0399. The van der Waals surface area contributed by atoms with Gasteiger partial charge < -0.3 is 10.1 Å². The Kier molecular flexibility index (Phi) is 4.47. The normalized spacial score (nSPS) is 17.1. The van der Waals surface area contributed by atoms with E-state index < -0.39 is 0 Å². The first-order valence-corrected chi connectivity index (χ1v) is 6.49. The van der Waals surface area contributed by atoms with Gasteiger partial charge >= 0.3 is 0 Å². The summed E-state index contributed by atoms with van der Waals surface area (Å²) < 4.78 is 5.45. The van der Waals surface area contributed by atoms with E-state index in [2.05, 4.69) is 33.0 Å². The standard InChI is InChI=1S/C12H22N2OS/c1-7-10-8(2)16-11(14-10)12(4,13-5)9(3)15-6/h9,13H,7H2,1-6H3. The van der Waals surface area contributed by atoms with Gasteiger partial charge in [-0.15, -0.1) is 11.3 Å². The molecular formula is C12H22N2OS. The Morgan fingerprint density at radius 1 is 1.56 bits per heavy atom. The molecule has 3 nitrogen and oxygen atoms in total. The smallest absolute Gasteiger partial charge is 0.116 e. The SMILES string of the molecule is CCc1nc(C(C)(NC)C(C)OC)sc1C. The predicted molar refractivity (Wildman–Crippen MR) is 69.1 cm³/mol. The summed E-state index contributed by atoms with van der Waals surface area (Å²) in [5.41, 5.74) is 0.988. The Hall–Kier alpha value is -0.450. The Balaban J connectivity index is 3.12. The average Bonchev–Trinajstić information content (AvgIpc) is 2.68. The van der Waals surface area contributed by atoms with Crippen LogP contribution in [0.5, 0.6) is 0 Å². The number of hydrogen-bond acceptors (Lipinski definition) is 4. The second kappa shape index (κ2) is 5.25. The third kappa shape index (κ3) is 2.29. The van der Waals surface area contributed by atoms with Crippen LogP contribution in [0.25, 0.3) is 0 Å². The molecule has 0 aliphatic carbocycles. The number of methoxy groups -OCH3 is 1. The Labute approximate surface area is 102 Å². The number of nitrogens with one attached hydrogen (secondary N) is 1. The lowest BCUT2D eigenvalue weighted by Crippen LogP contribution is -2.47. The van der Waals surface area contributed by atoms with Gasteiger partial charge in [0, 0.05) is 12.0 Å². The van der Waals surface area contributed by atoms with E-state index in [1.165, 1.54) is 10.6 Å². The molecule has 0 spiro atoms. The van der Waals surface area contributed by atoms with Crippen molar-refractivity contribution in [1.29, 1.82) is 0 Å². The molecule has 1 rings (SSSR count). The van der Waals surface area contributed by atoms with E-state index in [0.717, 1.165) is 11.4 Å². The minimum Gasteiger partial charge on any atom is -0.379 e. The highest BCUT2D eigenvalue weighted by Crippen LogP contribution is 2.31. The monoisotopic (exact) mass is 242 g/mol. The van der Waals surface area contributed by atoms with Crippen LogP contribution in [0.3, 0.4) is 0 Å². The summed E-state index contributed by atoms with van der Waals surface area (Å²) in [6.45, 7) is 8.48. The maximum Gasteiger partial charge on any atom is 0.116 e. The predicted octanol–water partition coefficient (Wildman–Crippen LogP) is 2.48. The number of aryl methyl sites for hydroxylation is 2. The highest BCUT2D eigenvalue weighted by molar-refractivity contribution is 7.11. The highest BCUT2D eigenvalue weighted by atomic mass is 32.1. The first-order chi connectivity index (χ1) is 7.49. The summed E-state index contributed by atoms with van der Waals surface area (Å²) >= 11 is 1.76. The molecule has 1 N–H and O–H groups in total. The van der Waals surface area contributed by atoms with Crippen molar-refractivity contribution in [3.63, 3.8) is 0 Å². The van der Waals surface area contributed by atoms with Crippen LogP contribution in [0.2, 0.25) is 0 Å². The molecule has 0 saturated heterocycles. The zero-order valence-electron chi connectivity index (χ0n) is 11.0. The summed E-state index contributed by atoms with van der Waals surface area (Å²) in [6, 6.07) is 0. The molecule has 1 aromatic rings. The highest BCUT2D eigenvalue weighted by Gasteiger charge is 2.35. The van der Waals surface area contributed by atoms with Crippen molar-refractivity contribution >= 4 is 11.3 Å². The van der Waals surface area contributed by atoms with Crippen molar-refractivity contribution in [3.05, 3.63) is 15.6 Å². The minimum absolute atomic E-state index is 0.0905. The molecule has 92 valence electrons. The summed E-state index contributed by atoms with van der Waals surface area (Å²) in [5, 5.41) is 4.44. The summed E-state index contributed by atoms with van der Waals surface area (Å²) in [7, 11) is 3.69. The number of ether oxygens (including phenoxy) is 1. The number of thiazole rings is 1. The molecule has 0 radical (unpaired) electrons. The Morgan fingerprint density at radius 2 is 2.19 bits per heavy atom. The summed E-state index contributed by atoms with van der Waals surface area (Å²) in [4.78, 5) is 6.02. The van der Waals surface area contributed by atoms with Crippen LogP contribution in [-0.2, 0) is 16.7 Å². The lowest BCUT2D eigenvalue weighted by atomic mass is 9.97. The number of rotatable bonds is 5. The third-order valence-corrected chi connectivity index (χ3v) is 4.61. The van der Waals surface area contributed by atoms with Gasteiger partial charge in [0.1, 0.15) is 5.01 Å². The topological polar surface area (TPSA) is 34.2 Å². The number of hydrogen-bond donors (Lipinski definition) is 1. The largest absolute Gasteiger partial charge is 0.379 e. The first-order valence-electron chi connectivity index (χ1n) is 5.68. The fraction of sp³-hybridized carbons (Fsp3) is 0.750. The Morgan fingerprint density at radius 3 is 2.56 bits per heavy atom. The molecule has 16 heavy (non-hydrogen) atoms. The number of nitrogens with zero attached hydrogens (tertiary/aromatic N) is 1. The van der Waals surface area contributed by atoms with E-state index in [1.54, 1.807) is 18.4 Å². The summed E-state index contributed by atoms with van der Waals surface area (Å²) in [5.74, 6) is 0. The molecule has 0 aliphatic rings. The molecular weight excluding hydrogens is 220 g/mol. The molecule has 0 bridgehead atoms. The van der Waals surface area contributed by atoms with Crippen LogP contribution in [0.4, 0.5) is 0 Å². The van der Waals surface area contributed by atoms with Crippen LogP contribution in [0.1, 0.15) is 36.3 Å². The zero-order valence-corrected chi connectivity index (χ0v) is 11.9. The van der Waals surface area contributed by atoms with Gasteiger partial charge in [-0.05, 0) is 34.2 Å². The van der Waals surface area contributed by atoms with Gasteiger partial charge in [0.2, 0.25) is 0 Å². The van der Waals surface area contributed by atoms with Gasteiger partial charge in [-0.2, -0.15) is 0 Å². The van der Waals surface area contributed by atoms with Gasteiger partial charge in [-0.3, -0.25) is 0 Å². The van der Waals surface area contributed by atoms with Crippen molar-refractivity contribution in [2.24, 2.45) is 0 Å². The van der Waals surface area contributed by atoms with Crippen LogP contribution >= 0.6 is 11.3 Å². The third-order valence-electron chi connectivity index (χ3n) is 3.36. The zero-order chi connectivity index (χ0) is 12.3. The maximum atomic E-state index is 5.45. The van der Waals surface area contributed by atoms with Crippen molar-refractivity contribution in [1.82, 2.24) is 10.3 Å². The van der Waals surface area contributed by atoms with Crippen LogP contribution in [0, 0.1) is 6.92 Å². The van der Waals surface area contributed by atoms with Gasteiger partial charge in [-0.1, -0.05) is 6.92 Å².